The Morgan fingerprint density at radius 3 is 1.33 bits per heavy atom. The van der Waals surface area contributed by atoms with Crippen molar-refractivity contribution in [2.45, 2.75) is 25.7 Å². The van der Waals surface area contributed by atoms with Gasteiger partial charge in [-0.25, -0.2) is 0 Å². The molecule has 17 heteroatoms. The summed E-state index contributed by atoms with van der Waals surface area (Å²) >= 11 is -0.472. The summed E-state index contributed by atoms with van der Waals surface area (Å²) in [6.45, 7) is 0. The summed E-state index contributed by atoms with van der Waals surface area (Å²) in [7, 11) is 9.75. The fourth-order valence-corrected chi connectivity index (χ4v) is 3.40. The summed E-state index contributed by atoms with van der Waals surface area (Å²) in [4.78, 5) is 52.0. The number of rotatable bonds is 8. The first-order valence-corrected chi connectivity index (χ1v) is 17.2. The molecule has 2 amide bonds. The number of phenols is 2. The molecule has 2 aromatic heterocycles. The van der Waals surface area contributed by atoms with Crippen molar-refractivity contribution < 1.29 is 56.1 Å². The number of anilines is 2. The first-order valence-electron chi connectivity index (χ1n) is 11.6. The molecule has 0 bridgehead atoms. The van der Waals surface area contributed by atoms with Crippen LogP contribution < -0.4 is 10.6 Å². The predicted octanol–water partition coefficient (Wildman–Crippen LogP) is 6.30. The van der Waals surface area contributed by atoms with Crippen molar-refractivity contribution in [3.63, 3.8) is 0 Å². The third-order valence-corrected chi connectivity index (χ3v) is 5.18. The molecule has 10 N–H and O–H groups in total. The number of nitrogens with zero attached hydrogens (tertiary/aromatic N) is 2. The van der Waals surface area contributed by atoms with E-state index < -0.39 is 40.2 Å². The largest absolute Gasteiger partial charge is 0.693 e. The van der Waals surface area contributed by atoms with Gasteiger partial charge in [0.05, 0.1) is 24.2 Å². The van der Waals surface area contributed by atoms with Gasteiger partial charge < -0.3 is 43.4 Å². The van der Waals surface area contributed by atoms with Crippen LogP contribution in [-0.4, -0.2) is 54.1 Å². The van der Waals surface area contributed by atoms with Crippen LogP contribution in [0.15, 0.2) is 60.9 Å². The van der Waals surface area contributed by atoms with Gasteiger partial charge in [0.25, 0.3) is 0 Å². The zero-order valence-electron chi connectivity index (χ0n) is 22.1. The van der Waals surface area contributed by atoms with E-state index in [1.54, 1.807) is 36.4 Å². The van der Waals surface area contributed by atoms with Crippen molar-refractivity contribution in [3.8, 4) is 11.5 Å². The van der Waals surface area contributed by atoms with Crippen LogP contribution in [0.5, 0.6) is 11.5 Å². The minimum absolute atomic E-state index is 0. The molecule has 234 valence electrons. The van der Waals surface area contributed by atoms with Crippen molar-refractivity contribution in [2.75, 3.05) is 10.6 Å². The van der Waals surface area contributed by atoms with E-state index >= 15 is 0 Å². The number of phenolic OH excluding ortho intramolecular Hbond substituents is 2. The van der Waals surface area contributed by atoms with E-state index in [1.807, 2.05) is 0 Å². The van der Waals surface area contributed by atoms with Gasteiger partial charge in [-0.2, -0.15) is 0 Å². The molecule has 0 aliphatic heterocycles. The third-order valence-electron chi connectivity index (χ3n) is 5.18. The minimum atomic E-state index is -1.02. The van der Waals surface area contributed by atoms with Crippen LogP contribution in [0.1, 0.15) is 25.7 Å². The van der Waals surface area contributed by atoms with Gasteiger partial charge >= 0.3 is 47.3 Å². The average molecular weight is 819 g/mol. The molecule has 0 spiro atoms. The summed E-state index contributed by atoms with van der Waals surface area (Å²) in [6.07, 6.45) is 2.44. The van der Waals surface area contributed by atoms with Gasteiger partial charge in [0.15, 0.2) is 0 Å². The van der Waals surface area contributed by atoms with Gasteiger partial charge in [-0.15, -0.1) is 0 Å². The van der Waals surface area contributed by atoms with E-state index in [0.717, 1.165) is 0 Å². The topological polar surface area (TPSA) is 266 Å². The number of nitrogens with two attached hydrogens (primary N) is 2. The molecule has 14 nitrogen and oxygen atoms in total. The summed E-state index contributed by atoms with van der Waals surface area (Å²) in [5, 5.41) is 42.8. The van der Waals surface area contributed by atoms with Crippen molar-refractivity contribution in [2.24, 2.45) is 0 Å². The molecule has 0 aliphatic rings. The van der Waals surface area contributed by atoms with Crippen LogP contribution in [-0.2, 0) is 35.7 Å². The van der Waals surface area contributed by atoms with Gasteiger partial charge in [-0.3, -0.25) is 29.1 Å². The second kappa shape index (κ2) is 19.9. The zero-order chi connectivity index (χ0) is 30.4. The van der Waals surface area contributed by atoms with Crippen LogP contribution >= 0.6 is 18.8 Å². The zero-order valence-corrected chi connectivity index (χ0v) is 25.9. The molecule has 2 aromatic carbocycles. The van der Waals surface area contributed by atoms with Crippen LogP contribution in [0.2, 0.25) is 0 Å². The van der Waals surface area contributed by atoms with E-state index in [2.05, 4.69) is 20.6 Å². The number of nitrogens with one attached hydrogen (secondary N) is 2. The van der Waals surface area contributed by atoms with E-state index in [0.29, 0.717) is 33.2 Å². The van der Waals surface area contributed by atoms with E-state index in [9.17, 15) is 29.4 Å². The second-order valence-electron chi connectivity index (χ2n) is 7.99. The standard InChI is InChI=1S/2C13H12N2O4.2ClH.2H2N.Pt/c2*16-10-4-3-9(8-2-1-7-14-13(8)10)15-11(17)5-6-12(18)19;;;;;/h2*1-4,7,16H,5-6H2,(H,15,17)(H,18,19);2*1H;2*1H2;/q;;;;2*-1;+4/p-2. The Morgan fingerprint density at radius 2 is 1.00 bits per heavy atom. The summed E-state index contributed by atoms with van der Waals surface area (Å²) in [6, 6.07) is 12.8. The van der Waals surface area contributed by atoms with Crippen molar-refractivity contribution in [1.29, 1.82) is 0 Å². The maximum atomic E-state index is 11.6. The van der Waals surface area contributed by atoms with Gasteiger partial charge in [0, 0.05) is 36.0 Å². The quantitative estimate of drug-likeness (QED) is 0.108. The first kappa shape index (κ1) is 38.9. The van der Waals surface area contributed by atoms with Crippen molar-refractivity contribution in [3.05, 3.63) is 73.2 Å². The summed E-state index contributed by atoms with van der Waals surface area (Å²) in [5.41, 5.74) is 1.77. The molecule has 0 radical (unpaired) electrons. The number of hydrogen-bond acceptors (Lipinski definition) is 8. The number of halogens is 2. The number of amides is 2. The molecule has 0 fully saturated rings. The van der Waals surface area contributed by atoms with Crippen LogP contribution in [0.25, 0.3) is 34.1 Å². The number of carbonyl (C=O) groups is 4. The predicted molar refractivity (Wildman–Crippen MR) is 160 cm³/mol. The van der Waals surface area contributed by atoms with Gasteiger partial charge in [0.1, 0.15) is 22.5 Å². The fourth-order valence-electron chi connectivity index (χ4n) is 3.40. The Balaban J connectivity index is 0.000000721. The van der Waals surface area contributed by atoms with Crippen LogP contribution in [0, 0.1) is 0 Å². The monoisotopic (exact) mass is 817 g/mol. The smallest absolute Gasteiger partial charge is 0.693 e. The number of carbonyl (C=O) groups excluding carboxylic acids is 2. The number of benzene rings is 2. The molecule has 2 heterocycles. The molecule has 0 saturated heterocycles. The molecule has 4 rings (SSSR count). The SMILES string of the molecule is O=C(O)CCC(=O)Nc1ccc(O)c2ncccc12.O=C(O)CCC(=O)Nc1ccc(O)c2ncccc12.[Cl][Pt+2][Cl].[NH2-].[NH2-]. The number of fused-ring (bicyclic) bond motifs is 2. The Labute approximate surface area is 262 Å². The summed E-state index contributed by atoms with van der Waals surface area (Å²) in [5.74, 6) is -2.77. The number of hydrogen-bond donors (Lipinski definition) is 6. The molecular formula is C26H28Cl2N6O8Pt. The Kier molecular flexibility index (Phi) is 18.1. The van der Waals surface area contributed by atoms with E-state index in [4.69, 9.17) is 29.0 Å². The van der Waals surface area contributed by atoms with Crippen LogP contribution in [0.3, 0.4) is 0 Å². The molecule has 43 heavy (non-hydrogen) atoms. The van der Waals surface area contributed by atoms with E-state index in [1.165, 1.54) is 24.5 Å². The van der Waals surface area contributed by atoms with Crippen molar-refractivity contribution >= 4 is 75.8 Å². The number of pyridine rings is 2. The Hall–Kier alpha value is -4.07. The third kappa shape index (κ3) is 12.8. The maximum absolute atomic E-state index is 11.6. The second-order valence-corrected chi connectivity index (χ2v) is 11.3. The number of carboxylic acid groups (broad SMARTS) is 2. The number of carboxylic acids is 2. The molecule has 0 atom stereocenters. The van der Waals surface area contributed by atoms with Crippen LogP contribution in [0.4, 0.5) is 11.4 Å². The molecule has 0 unspecified atom stereocenters. The van der Waals surface area contributed by atoms with Gasteiger partial charge in [0.2, 0.25) is 11.8 Å². The first-order chi connectivity index (χ1) is 19.6. The number of aromatic hydroxyl groups is 2. The number of aromatic nitrogens is 2. The normalized spacial score (nSPS) is 9.63. The average Bonchev–Trinajstić information content (AvgIpc) is 2.95. The summed E-state index contributed by atoms with van der Waals surface area (Å²) < 4.78 is 0. The van der Waals surface area contributed by atoms with E-state index in [-0.39, 0.29) is 49.5 Å². The Bertz CT molecular complexity index is 1430. The maximum Gasteiger partial charge on any atom is -0.693 e. The molecular weight excluding hydrogens is 790 g/mol. The van der Waals surface area contributed by atoms with Gasteiger partial charge in [-0.05, 0) is 48.5 Å². The van der Waals surface area contributed by atoms with Crippen molar-refractivity contribution in [1.82, 2.24) is 9.97 Å². The van der Waals surface area contributed by atoms with Gasteiger partial charge in [-0.1, -0.05) is 0 Å². The Morgan fingerprint density at radius 1 is 0.651 bits per heavy atom. The minimum Gasteiger partial charge on any atom is -0.693 e. The molecule has 0 aliphatic carbocycles. The molecule has 4 aromatic rings. The molecule has 0 saturated carbocycles. The number of aliphatic carboxylic acids is 2. The fraction of sp³-hybridized carbons (Fsp3) is 0.154.